The highest BCUT2D eigenvalue weighted by Crippen LogP contribution is 2.34. The third-order valence-electron chi connectivity index (χ3n) is 3.98. The summed E-state index contributed by atoms with van der Waals surface area (Å²) in [6, 6.07) is 1.70. The molecule has 1 N–H and O–H groups in total. The van der Waals surface area contributed by atoms with Gasteiger partial charge in [0.25, 0.3) is 5.91 Å². The van der Waals surface area contributed by atoms with E-state index >= 15 is 0 Å². The highest BCUT2D eigenvalue weighted by Gasteiger charge is 2.36. The fraction of sp³-hybridized carbons (Fsp3) is 0.600. The number of alkyl halides is 1. The summed E-state index contributed by atoms with van der Waals surface area (Å²) < 4.78 is 5.21. The molecule has 5 heteroatoms. The Labute approximate surface area is 128 Å². The van der Waals surface area contributed by atoms with Gasteiger partial charge in [-0.3, -0.25) is 9.78 Å². The van der Waals surface area contributed by atoms with E-state index in [1.165, 1.54) is 6.42 Å². The first kappa shape index (κ1) is 15.3. The molecular weight excluding hydrogens is 320 g/mol. The maximum absolute atomic E-state index is 12.5. The Morgan fingerprint density at radius 1 is 1.65 bits per heavy atom. The molecule has 1 aliphatic rings. The van der Waals surface area contributed by atoms with Crippen LogP contribution in [0.3, 0.4) is 0 Å². The van der Waals surface area contributed by atoms with Crippen LogP contribution in [0, 0.1) is 5.92 Å². The number of hydrogen-bond donors (Lipinski definition) is 1. The molecule has 0 bridgehead atoms. The molecule has 1 aliphatic carbocycles. The number of carbonyl (C=O) groups is 1. The van der Waals surface area contributed by atoms with Crippen molar-refractivity contribution in [1.82, 2.24) is 10.3 Å². The SMILES string of the molecule is COc1cnccc1C(=O)NC1(CBr)CCCC(C)C1. The number of rotatable bonds is 4. The van der Waals surface area contributed by atoms with Gasteiger partial charge < -0.3 is 10.1 Å². The van der Waals surface area contributed by atoms with Crippen molar-refractivity contribution < 1.29 is 9.53 Å². The van der Waals surface area contributed by atoms with Gasteiger partial charge in [-0.1, -0.05) is 35.7 Å². The molecule has 2 unspecified atom stereocenters. The molecule has 0 saturated heterocycles. The highest BCUT2D eigenvalue weighted by atomic mass is 79.9. The molecule has 0 spiro atoms. The summed E-state index contributed by atoms with van der Waals surface area (Å²) in [6.45, 7) is 2.25. The Kier molecular flexibility index (Phi) is 5.02. The summed E-state index contributed by atoms with van der Waals surface area (Å²) in [5.41, 5.74) is 0.393. The minimum atomic E-state index is -0.150. The van der Waals surface area contributed by atoms with Gasteiger partial charge in [-0.25, -0.2) is 0 Å². The molecule has 0 aromatic carbocycles. The van der Waals surface area contributed by atoms with Crippen LogP contribution in [0.2, 0.25) is 0 Å². The van der Waals surface area contributed by atoms with Gasteiger partial charge in [0.1, 0.15) is 5.75 Å². The quantitative estimate of drug-likeness (QED) is 0.856. The molecule has 1 heterocycles. The standard InChI is InChI=1S/C15H21BrN2O2/c1-11-4-3-6-15(8-11,10-16)18-14(19)12-5-7-17-9-13(12)20-2/h5,7,9,11H,3-4,6,8,10H2,1-2H3,(H,18,19). The molecule has 1 amide bonds. The van der Waals surface area contributed by atoms with Crippen LogP contribution in [0.15, 0.2) is 18.5 Å². The van der Waals surface area contributed by atoms with Crippen molar-refractivity contribution in [2.75, 3.05) is 12.4 Å². The van der Waals surface area contributed by atoms with Crippen molar-refractivity contribution in [2.24, 2.45) is 5.92 Å². The number of methoxy groups -OCH3 is 1. The molecule has 4 nitrogen and oxygen atoms in total. The van der Waals surface area contributed by atoms with Gasteiger partial charge >= 0.3 is 0 Å². The number of nitrogens with one attached hydrogen (secondary N) is 1. The van der Waals surface area contributed by atoms with Gasteiger partial charge in [-0.2, -0.15) is 0 Å². The van der Waals surface area contributed by atoms with Crippen molar-refractivity contribution in [3.8, 4) is 5.75 Å². The van der Waals surface area contributed by atoms with E-state index in [4.69, 9.17) is 4.74 Å². The number of halogens is 1. The van der Waals surface area contributed by atoms with Crippen LogP contribution in [0.25, 0.3) is 0 Å². The van der Waals surface area contributed by atoms with Gasteiger partial charge in [0, 0.05) is 11.5 Å². The Balaban J connectivity index is 2.17. The van der Waals surface area contributed by atoms with E-state index in [2.05, 4.69) is 33.2 Å². The van der Waals surface area contributed by atoms with Gasteiger partial charge in [0.2, 0.25) is 0 Å². The molecular formula is C15H21BrN2O2. The lowest BCUT2D eigenvalue weighted by Gasteiger charge is -2.39. The molecule has 2 atom stereocenters. The molecule has 2 rings (SSSR count). The van der Waals surface area contributed by atoms with Crippen molar-refractivity contribution in [3.63, 3.8) is 0 Å². The maximum atomic E-state index is 12.5. The number of amides is 1. The molecule has 1 aromatic heterocycles. The zero-order chi connectivity index (χ0) is 14.6. The zero-order valence-electron chi connectivity index (χ0n) is 12.0. The molecule has 0 radical (unpaired) electrons. The largest absolute Gasteiger partial charge is 0.494 e. The Hall–Kier alpha value is -1.10. The second kappa shape index (κ2) is 6.57. The lowest BCUT2D eigenvalue weighted by atomic mass is 9.77. The molecule has 1 fully saturated rings. The summed E-state index contributed by atoms with van der Waals surface area (Å²) in [7, 11) is 1.55. The normalized spacial score (nSPS) is 26.1. The summed E-state index contributed by atoms with van der Waals surface area (Å²) in [6.07, 6.45) is 7.60. The Bertz CT molecular complexity index is 481. The zero-order valence-corrected chi connectivity index (χ0v) is 13.6. The van der Waals surface area contributed by atoms with Gasteiger partial charge in [0.05, 0.1) is 24.4 Å². The van der Waals surface area contributed by atoms with Crippen LogP contribution in [0.4, 0.5) is 0 Å². The van der Waals surface area contributed by atoms with E-state index < -0.39 is 0 Å². The average molecular weight is 341 g/mol. The van der Waals surface area contributed by atoms with Crippen LogP contribution in [0.1, 0.15) is 43.0 Å². The molecule has 20 heavy (non-hydrogen) atoms. The molecule has 0 aliphatic heterocycles. The van der Waals surface area contributed by atoms with Crippen molar-refractivity contribution in [2.45, 2.75) is 38.1 Å². The second-order valence-electron chi connectivity index (χ2n) is 5.65. The first-order valence-electron chi connectivity index (χ1n) is 6.97. The molecule has 1 saturated carbocycles. The van der Waals surface area contributed by atoms with E-state index in [9.17, 15) is 4.79 Å². The topological polar surface area (TPSA) is 51.2 Å². The minimum Gasteiger partial charge on any atom is -0.494 e. The number of aromatic nitrogens is 1. The fourth-order valence-corrected chi connectivity index (χ4v) is 3.62. The second-order valence-corrected chi connectivity index (χ2v) is 6.21. The van der Waals surface area contributed by atoms with Gasteiger partial charge in [-0.15, -0.1) is 0 Å². The highest BCUT2D eigenvalue weighted by molar-refractivity contribution is 9.09. The van der Waals surface area contributed by atoms with Crippen LogP contribution < -0.4 is 10.1 Å². The van der Waals surface area contributed by atoms with Gasteiger partial charge in [0.15, 0.2) is 0 Å². The fourth-order valence-electron chi connectivity index (χ4n) is 2.97. The maximum Gasteiger partial charge on any atom is 0.255 e. The summed E-state index contributed by atoms with van der Waals surface area (Å²) >= 11 is 3.57. The first-order valence-corrected chi connectivity index (χ1v) is 8.09. The predicted molar refractivity (Wildman–Crippen MR) is 82.4 cm³/mol. The number of carbonyl (C=O) groups excluding carboxylic acids is 1. The van der Waals surface area contributed by atoms with Crippen LogP contribution in [-0.4, -0.2) is 28.9 Å². The van der Waals surface area contributed by atoms with E-state index in [0.29, 0.717) is 17.2 Å². The van der Waals surface area contributed by atoms with Crippen LogP contribution >= 0.6 is 15.9 Å². The number of hydrogen-bond acceptors (Lipinski definition) is 3. The molecule has 1 aromatic rings. The first-order chi connectivity index (χ1) is 9.60. The van der Waals surface area contributed by atoms with Crippen LogP contribution in [0.5, 0.6) is 5.75 Å². The smallest absolute Gasteiger partial charge is 0.255 e. The number of pyridine rings is 1. The van der Waals surface area contributed by atoms with Crippen molar-refractivity contribution >= 4 is 21.8 Å². The van der Waals surface area contributed by atoms with E-state index in [0.717, 1.165) is 24.6 Å². The third kappa shape index (κ3) is 3.32. The Morgan fingerprint density at radius 2 is 2.45 bits per heavy atom. The third-order valence-corrected chi connectivity index (χ3v) is 5.05. The van der Waals surface area contributed by atoms with Crippen LogP contribution in [-0.2, 0) is 0 Å². The average Bonchev–Trinajstić information content (AvgIpc) is 2.47. The van der Waals surface area contributed by atoms with Crippen molar-refractivity contribution in [1.29, 1.82) is 0 Å². The number of nitrogens with zero attached hydrogens (tertiary/aromatic N) is 1. The summed E-state index contributed by atoms with van der Waals surface area (Å²) in [5.74, 6) is 1.07. The Morgan fingerprint density at radius 3 is 3.10 bits per heavy atom. The van der Waals surface area contributed by atoms with E-state index in [1.54, 1.807) is 25.6 Å². The number of ether oxygens (including phenoxy) is 1. The lowest BCUT2D eigenvalue weighted by molar-refractivity contribution is 0.0866. The predicted octanol–water partition coefficient (Wildman–Crippen LogP) is 3.16. The van der Waals surface area contributed by atoms with Crippen molar-refractivity contribution in [3.05, 3.63) is 24.0 Å². The van der Waals surface area contributed by atoms with E-state index in [1.807, 2.05) is 0 Å². The summed E-state index contributed by atoms with van der Waals surface area (Å²) in [5, 5.41) is 3.99. The lowest BCUT2D eigenvalue weighted by Crippen LogP contribution is -2.52. The summed E-state index contributed by atoms with van der Waals surface area (Å²) in [4.78, 5) is 16.5. The minimum absolute atomic E-state index is 0.0854. The van der Waals surface area contributed by atoms with E-state index in [-0.39, 0.29) is 11.4 Å². The molecule has 110 valence electrons. The monoisotopic (exact) mass is 340 g/mol. The van der Waals surface area contributed by atoms with Gasteiger partial charge in [-0.05, 0) is 24.8 Å².